The number of phenols is 1. The van der Waals surface area contributed by atoms with Crippen molar-refractivity contribution in [3.63, 3.8) is 0 Å². The molecule has 0 bridgehead atoms. The SMILES string of the molecule is CC(C#N)NC(=O)c1ccc(Cl)cc1O. The predicted molar refractivity (Wildman–Crippen MR) is 55.7 cm³/mol. The number of amides is 1. The van der Waals surface area contributed by atoms with Crippen LogP contribution in [0.4, 0.5) is 0 Å². The molecule has 1 unspecified atom stereocenters. The molecule has 1 aromatic rings. The average Bonchev–Trinajstić information content (AvgIpc) is 2.17. The summed E-state index contributed by atoms with van der Waals surface area (Å²) in [5.41, 5.74) is 0.0986. The topological polar surface area (TPSA) is 73.1 Å². The highest BCUT2D eigenvalue weighted by atomic mass is 35.5. The highest BCUT2D eigenvalue weighted by molar-refractivity contribution is 6.30. The molecule has 0 spiro atoms. The summed E-state index contributed by atoms with van der Waals surface area (Å²) < 4.78 is 0. The molecule has 4 nitrogen and oxygen atoms in total. The molecule has 0 aliphatic carbocycles. The van der Waals surface area contributed by atoms with Crippen LogP contribution in [0.15, 0.2) is 18.2 Å². The van der Waals surface area contributed by atoms with Crippen LogP contribution >= 0.6 is 11.6 Å². The van der Waals surface area contributed by atoms with Crippen LogP contribution in [0.2, 0.25) is 5.02 Å². The van der Waals surface area contributed by atoms with Gasteiger partial charge in [0.15, 0.2) is 0 Å². The van der Waals surface area contributed by atoms with Crippen molar-refractivity contribution in [3.05, 3.63) is 28.8 Å². The minimum atomic E-state index is -0.604. The zero-order valence-corrected chi connectivity index (χ0v) is 8.75. The van der Waals surface area contributed by atoms with Crippen LogP contribution in [0.25, 0.3) is 0 Å². The van der Waals surface area contributed by atoms with Gasteiger partial charge in [0.05, 0.1) is 11.6 Å². The number of nitriles is 1. The normalized spacial score (nSPS) is 11.5. The third-order valence-electron chi connectivity index (χ3n) is 1.75. The molecule has 1 rings (SSSR count). The first-order valence-corrected chi connectivity index (χ1v) is 4.61. The van der Waals surface area contributed by atoms with E-state index in [1.807, 2.05) is 6.07 Å². The Bertz CT molecular complexity index is 426. The Balaban J connectivity index is 2.88. The molecule has 0 saturated carbocycles. The van der Waals surface area contributed by atoms with Crippen LogP contribution in [-0.4, -0.2) is 17.1 Å². The standard InChI is InChI=1S/C10H9ClN2O2/c1-6(5-12)13-10(15)8-3-2-7(11)4-9(8)14/h2-4,6,14H,1H3,(H,13,15). The van der Waals surface area contributed by atoms with Crippen LogP contribution < -0.4 is 5.32 Å². The molecule has 0 fully saturated rings. The van der Waals surface area contributed by atoms with Crippen molar-refractivity contribution in [2.45, 2.75) is 13.0 Å². The largest absolute Gasteiger partial charge is 0.507 e. The van der Waals surface area contributed by atoms with Gasteiger partial charge in [-0.3, -0.25) is 4.79 Å². The van der Waals surface area contributed by atoms with E-state index in [0.717, 1.165) is 0 Å². The molecule has 0 aliphatic heterocycles. The van der Waals surface area contributed by atoms with Gasteiger partial charge in [-0.15, -0.1) is 0 Å². The number of nitrogens with one attached hydrogen (secondary N) is 1. The zero-order valence-electron chi connectivity index (χ0n) is 7.99. The Hall–Kier alpha value is -1.73. The van der Waals surface area contributed by atoms with Crippen molar-refractivity contribution in [1.29, 1.82) is 5.26 Å². The Morgan fingerprint density at radius 2 is 2.33 bits per heavy atom. The molecule has 15 heavy (non-hydrogen) atoms. The van der Waals surface area contributed by atoms with Crippen molar-refractivity contribution < 1.29 is 9.90 Å². The maximum absolute atomic E-state index is 11.5. The first kappa shape index (κ1) is 11.3. The van der Waals surface area contributed by atoms with Gasteiger partial charge in [0.1, 0.15) is 11.8 Å². The Morgan fingerprint density at radius 1 is 1.67 bits per heavy atom. The molecule has 0 aliphatic rings. The van der Waals surface area contributed by atoms with Gasteiger partial charge in [0.25, 0.3) is 5.91 Å². The molecule has 5 heteroatoms. The first-order chi connectivity index (χ1) is 7.04. The summed E-state index contributed by atoms with van der Waals surface area (Å²) in [6, 6.07) is 5.42. The number of phenolic OH excluding ortho intramolecular Hbond substituents is 1. The third kappa shape index (κ3) is 2.86. The Morgan fingerprint density at radius 3 is 2.87 bits per heavy atom. The lowest BCUT2D eigenvalue weighted by Crippen LogP contribution is -2.31. The number of carbonyl (C=O) groups is 1. The zero-order chi connectivity index (χ0) is 11.4. The summed E-state index contributed by atoms with van der Waals surface area (Å²) in [6.07, 6.45) is 0. The van der Waals surface area contributed by atoms with Crippen molar-refractivity contribution in [2.75, 3.05) is 0 Å². The monoisotopic (exact) mass is 224 g/mol. The fraction of sp³-hybridized carbons (Fsp3) is 0.200. The number of hydrogen-bond acceptors (Lipinski definition) is 3. The van der Waals surface area contributed by atoms with E-state index in [9.17, 15) is 9.90 Å². The van der Waals surface area contributed by atoms with Gasteiger partial charge in [0.2, 0.25) is 0 Å². The lowest BCUT2D eigenvalue weighted by molar-refractivity contribution is 0.0945. The number of hydrogen-bond donors (Lipinski definition) is 2. The van der Waals surface area contributed by atoms with Gasteiger partial charge in [0, 0.05) is 5.02 Å². The molecule has 0 heterocycles. The van der Waals surface area contributed by atoms with E-state index in [2.05, 4.69) is 5.32 Å². The van der Waals surface area contributed by atoms with E-state index in [-0.39, 0.29) is 11.3 Å². The maximum atomic E-state index is 11.5. The molecule has 1 amide bonds. The summed E-state index contributed by atoms with van der Waals surface area (Å²) >= 11 is 5.61. The van der Waals surface area contributed by atoms with Gasteiger partial charge in [-0.05, 0) is 25.1 Å². The molecule has 2 N–H and O–H groups in total. The Labute approximate surface area is 92.1 Å². The maximum Gasteiger partial charge on any atom is 0.256 e. The van der Waals surface area contributed by atoms with Gasteiger partial charge < -0.3 is 10.4 Å². The number of carbonyl (C=O) groups excluding carboxylic acids is 1. The predicted octanol–water partition coefficient (Wildman–Crippen LogP) is 1.69. The van der Waals surface area contributed by atoms with Gasteiger partial charge >= 0.3 is 0 Å². The second-order valence-corrected chi connectivity index (χ2v) is 3.42. The lowest BCUT2D eigenvalue weighted by atomic mass is 10.2. The van der Waals surface area contributed by atoms with E-state index in [1.54, 1.807) is 6.92 Å². The summed E-state index contributed by atoms with van der Waals surface area (Å²) in [5, 5.41) is 20.7. The number of benzene rings is 1. The number of halogens is 1. The smallest absolute Gasteiger partial charge is 0.256 e. The van der Waals surface area contributed by atoms with Gasteiger partial charge in [-0.1, -0.05) is 11.6 Å². The van der Waals surface area contributed by atoms with Crippen LogP contribution in [0.5, 0.6) is 5.75 Å². The van der Waals surface area contributed by atoms with Crippen LogP contribution in [0, 0.1) is 11.3 Å². The molecule has 0 saturated heterocycles. The van der Waals surface area contributed by atoms with Crippen molar-refractivity contribution in [2.24, 2.45) is 0 Å². The number of rotatable bonds is 2. The third-order valence-corrected chi connectivity index (χ3v) is 1.98. The van der Waals surface area contributed by atoms with E-state index < -0.39 is 11.9 Å². The summed E-state index contributed by atoms with van der Waals surface area (Å²) in [6.45, 7) is 1.55. The van der Waals surface area contributed by atoms with Crippen LogP contribution in [0.3, 0.4) is 0 Å². The molecule has 1 aromatic carbocycles. The van der Waals surface area contributed by atoms with E-state index in [0.29, 0.717) is 5.02 Å². The molecule has 0 radical (unpaired) electrons. The fourth-order valence-corrected chi connectivity index (χ4v) is 1.17. The second-order valence-electron chi connectivity index (χ2n) is 2.99. The molecular weight excluding hydrogens is 216 g/mol. The van der Waals surface area contributed by atoms with Crippen molar-refractivity contribution >= 4 is 17.5 Å². The van der Waals surface area contributed by atoms with E-state index in [4.69, 9.17) is 16.9 Å². The summed E-state index contributed by atoms with van der Waals surface area (Å²) in [5.74, 6) is -0.705. The fourth-order valence-electron chi connectivity index (χ4n) is 1.00. The molecule has 0 aromatic heterocycles. The van der Waals surface area contributed by atoms with Gasteiger partial charge in [-0.2, -0.15) is 5.26 Å². The summed E-state index contributed by atoms with van der Waals surface area (Å²) in [4.78, 5) is 11.5. The molecular formula is C10H9ClN2O2. The highest BCUT2D eigenvalue weighted by Gasteiger charge is 2.13. The van der Waals surface area contributed by atoms with Gasteiger partial charge in [-0.25, -0.2) is 0 Å². The van der Waals surface area contributed by atoms with E-state index in [1.165, 1.54) is 18.2 Å². The minimum absolute atomic E-state index is 0.0986. The van der Waals surface area contributed by atoms with E-state index >= 15 is 0 Å². The lowest BCUT2D eigenvalue weighted by Gasteiger charge is -2.07. The number of aromatic hydroxyl groups is 1. The average molecular weight is 225 g/mol. The van der Waals surface area contributed by atoms with Crippen molar-refractivity contribution in [1.82, 2.24) is 5.32 Å². The minimum Gasteiger partial charge on any atom is -0.507 e. The van der Waals surface area contributed by atoms with Crippen LogP contribution in [-0.2, 0) is 0 Å². The first-order valence-electron chi connectivity index (χ1n) is 4.23. The summed E-state index contributed by atoms with van der Waals surface area (Å²) in [7, 11) is 0. The second kappa shape index (κ2) is 4.67. The Kier molecular flexibility index (Phi) is 3.53. The number of nitrogens with zero attached hydrogens (tertiary/aromatic N) is 1. The van der Waals surface area contributed by atoms with Crippen LogP contribution in [0.1, 0.15) is 17.3 Å². The molecule has 1 atom stereocenters. The van der Waals surface area contributed by atoms with Crippen molar-refractivity contribution in [3.8, 4) is 11.8 Å². The quantitative estimate of drug-likeness (QED) is 0.803. The highest BCUT2D eigenvalue weighted by Crippen LogP contribution is 2.21. The molecule has 78 valence electrons.